The van der Waals surface area contributed by atoms with Crippen molar-refractivity contribution in [2.24, 2.45) is 0 Å². The van der Waals surface area contributed by atoms with Crippen molar-refractivity contribution in [3.05, 3.63) is 48.0 Å². The van der Waals surface area contributed by atoms with Crippen LogP contribution in [0.5, 0.6) is 0 Å². The highest BCUT2D eigenvalue weighted by Crippen LogP contribution is 2.17. The van der Waals surface area contributed by atoms with E-state index in [1.807, 2.05) is 24.7 Å². The first-order valence-electron chi connectivity index (χ1n) is 5.42. The summed E-state index contributed by atoms with van der Waals surface area (Å²) in [6, 6.07) is 4.58. The molecule has 0 radical (unpaired) electrons. The van der Waals surface area contributed by atoms with Crippen molar-refractivity contribution in [2.75, 3.05) is 0 Å². The van der Waals surface area contributed by atoms with E-state index in [0.29, 0.717) is 0 Å². The predicted octanol–water partition coefficient (Wildman–Crippen LogP) is 2.22. The van der Waals surface area contributed by atoms with Crippen LogP contribution in [0, 0.1) is 0 Å². The molecule has 2 unspecified atom stereocenters. The molecule has 2 heterocycles. The van der Waals surface area contributed by atoms with Gasteiger partial charge in [0.2, 0.25) is 0 Å². The summed E-state index contributed by atoms with van der Waals surface area (Å²) in [6.45, 7) is 4.26. The Kier molecular flexibility index (Phi) is 3.31. The molecule has 2 aromatic rings. The van der Waals surface area contributed by atoms with Gasteiger partial charge < -0.3 is 5.32 Å². The summed E-state index contributed by atoms with van der Waals surface area (Å²) < 4.78 is 0. The second-order valence-electron chi connectivity index (χ2n) is 3.93. The molecule has 2 aromatic heterocycles. The first-order valence-corrected chi connectivity index (χ1v) is 5.42. The zero-order valence-corrected chi connectivity index (χ0v) is 9.51. The van der Waals surface area contributed by atoms with Crippen LogP contribution in [0.4, 0.5) is 0 Å². The summed E-state index contributed by atoms with van der Waals surface area (Å²) >= 11 is 0. The van der Waals surface area contributed by atoms with Crippen LogP contribution < -0.4 is 5.32 Å². The van der Waals surface area contributed by atoms with Crippen molar-refractivity contribution in [2.45, 2.75) is 25.9 Å². The molecular formula is C12H16N4. The second kappa shape index (κ2) is 4.90. The van der Waals surface area contributed by atoms with Gasteiger partial charge in [0.15, 0.2) is 0 Å². The minimum atomic E-state index is 0.272. The van der Waals surface area contributed by atoms with Gasteiger partial charge >= 0.3 is 0 Å². The van der Waals surface area contributed by atoms with E-state index in [4.69, 9.17) is 0 Å². The molecule has 0 amide bonds. The van der Waals surface area contributed by atoms with E-state index in [1.165, 1.54) is 5.56 Å². The molecule has 0 saturated carbocycles. The third kappa shape index (κ3) is 2.46. The normalized spacial score (nSPS) is 14.6. The minimum Gasteiger partial charge on any atom is -0.303 e. The number of nitrogens with zero attached hydrogens (tertiary/aromatic N) is 2. The van der Waals surface area contributed by atoms with E-state index in [0.717, 1.165) is 5.56 Å². The quantitative estimate of drug-likeness (QED) is 0.824. The summed E-state index contributed by atoms with van der Waals surface area (Å²) in [7, 11) is 0. The van der Waals surface area contributed by atoms with E-state index < -0.39 is 0 Å². The zero-order valence-electron chi connectivity index (χ0n) is 9.51. The monoisotopic (exact) mass is 216 g/mol. The Labute approximate surface area is 95.1 Å². The van der Waals surface area contributed by atoms with Crippen molar-refractivity contribution in [1.82, 2.24) is 20.5 Å². The Morgan fingerprint density at radius 2 is 2.00 bits per heavy atom. The maximum atomic E-state index is 4.12. The SMILES string of the molecule is CC(NC(C)c1cn[nH]c1)c1cccnc1. The number of nitrogens with one attached hydrogen (secondary N) is 2. The Hall–Kier alpha value is -1.68. The van der Waals surface area contributed by atoms with E-state index in [9.17, 15) is 0 Å². The molecule has 0 spiro atoms. The molecule has 0 fully saturated rings. The first-order chi connectivity index (χ1) is 7.77. The van der Waals surface area contributed by atoms with Gasteiger partial charge in [-0.05, 0) is 25.5 Å². The molecule has 2 rings (SSSR count). The Morgan fingerprint density at radius 3 is 2.62 bits per heavy atom. The van der Waals surface area contributed by atoms with Crippen LogP contribution in [0.3, 0.4) is 0 Å². The third-order valence-electron chi connectivity index (χ3n) is 2.70. The Morgan fingerprint density at radius 1 is 1.19 bits per heavy atom. The smallest absolute Gasteiger partial charge is 0.0534 e. The highest BCUT2D eigenvalue weighted by Gasteiger charge is 2.11. The number of hydrogen-bond donors (Lipinski definition) is 2. The van der Waals surface area contributed by atoms with Crippen molar-refractivity contribution < 1.29 is 0 Å². The van der Waals surface area contributed by atoms with Crippen LogP contribution in [0.1, 0.15) is 37.1 Å². The maximum absolute atomic E-state index is 4.12. The van der Waals surface area contributed by atoms with Crippen LogP contribution in [0.25, 0.3) is 0 Å². The lowest BCUT2D eigenvalue weighted by Crippen LogP contribution is -2.22. The number of hydrogen-bond acceptors (Lipinski definition) is 3. The van der Waals surface area contributed by atoms with E-state index in [1.54, 1.807) is 6.20 Å². The van der Waals surface area contributed by atoms with Gasteiger partial charge in [-0.1, -0.05) is 6.07 Å². The predicted molar refractivity (Wildman–Crippen MR) is 62.8 cm³/mol. The lowest BCUT2D eigenvalue weighted by molar-refractivity contribution is 0.494. The van der Waals surface area contributed by atoms with Crippen molar-refractivity contribution >= 4 is 0 Å². The molecular weight excluding hydrogens is 200 g/mol. The average Bonchev–Trinajstić information content (AvgIpc) is 2.83. The third-order valence-corrected chi connectivity index (χ3v) is 2.70. The van der Waals surface area contributed by atoms with Gasteiger partial charge in [-0.2, -0.15) is 5.10 Å². The maximum Gasteiger partial charge on any atom is 0.0534 e. The lowest BCUT2D eigenvalue weighted by atomic mass is 10.1. The van der Waals surface area contributed by atoms with Gasteiger partial charge in [-0.25, -0.2) is 0 Å². The van der Waals surface area contributed by atoms with Crippen LogP contribution in [0.15, 0.2) is 36.9 Å². The summed E-state index contributed by atoms with van der Waals surface area (Å²) in [4.78, 5) is 4.12. The van der Waals surface area contributed by atoms with Crippen molar-refractivity contribution in [3.63, 3.8) is 0 Å². The topological polar surface area (TPSA) is 53.6 Å². The highest BCUT2D eigenvalue weighted by molar-refractivity contribution is 5.15. The summed E-state index contributed by atoms with van der Waals surface area (Å²) in [5.74, 6) is 0. The van der Waals surface area contributed by atoms with Crippen LogP contribution in [-0.2, 0) is 0 Å². The summed E-state index contributed by atoms with van der Waals surface area (Å²) in [6.07, 6.45) is 7.43. The van der Waals surface area contributed by atoms with Gasteiger partial charge in [0, 0.05) is 36.2 Å². The second-order valence-corrected chi connectivity index (χ2v) is 3.93. The molecule has 0 aromatic carbocycles. The lowest BCUT2D eigenvalue weighted by Gasteiger charge is -2.18. The Bertz CT molecular complexity index is 410. The molecule has 0 saturated heterocycles. The first kappa shape index (κ1) is 10.8. The van der Waals surface area contributed by atoms with Crippen LogP contribution >= 0.6 is 0 Å². The van der Waals surface area contributed by atoms with E-state index >= 15 is 0 Å². The van der Waals surface area contributed by atoms with Crippen molar-refractivity contribution in [1.29, 1.82) is 0 Å². The Balaban J connectivity index is 2.00. The molecule has 4 nitrogen and oxygen atoms in total. The minimum absolute atomic E-state index is 0.272. The summed E-state index contributed by atoms with van der Waals surface area (Å²) in [5.41, 5.74) is 2.36. The van der Waals surface area contributed by atoms with E-state index in [2.05, 4.69) is 40.4 Å². The molecule has 2 atom stereocenters. The molecule has 2 N–H and O–H groups in total. The molecule has 84 valence electrons. The fraction of sp³-hybridized carbons (Fsp3) is 0.333. The molecule has 0 aliphatic rings. The average molecular weight is 216 g/mol. The standard InChI is InChI=1S/C12H16N4/c1-9(11-4-3-5-13-6-11)16-10(2)12-7-14-15-8-12/h3-10,16H,1-2H3,(H,14,15). The van der Waals surface area contributed by atoms with E-state index in [-0.39, 0.29) is 12.1 Å². The van der Waals surface area contributed by atoms with Gasteiger partial charge in [0.1, 0.15) is 0 Å². The van der Waals surface area contributed by atoms with Crippen LogP contribution in [0.2, 0.25) is 0 Å². The highest BCUT2D eigenvalue weighted by atomic mass is 15.1. The number of aromatic amines is 1. The molecule has 4 heteroatoms. The largest absolute Gasteiger partial charge is 0.303 e. The molecule has 0 bridgehead atoms. The number of pyridine rings is 1. The number of H-pyrrole nitrogens is 1. The fourth-order valence-corrected chi connectivity index (χ4v) is 1.70. The van der Waals surface area contributed by atoms with Gasteiger partial charge in [-0.15, -0.1) is 0 Å². The molecule has 16 heavy (non-hydrogen) atoms. The van der Waals surface area contributed by atoms with Gasteiger partial charge in [-0.3, -0.25) is 10.1 Å². The van der Waals surface area contributed by atoms with Gasteiger partial charge in [0.25, 0.3) is 0 Å². The molecule has 0 aliphatic carbocycles. The number of rotatable bonds is 4. The fourth-order valence-electron chi connectivity index (χ4n) is 1.70. The van der Waals surface area contributed by atoms with Gasteiger partial charge in [0.05, 0.1) is 6.20 Å². The van der Waals surface area contributed by atoms with Crippen molar-refractivity contribution in [3.8, 4) is 0 Å². The number of aromatic nitrogens is 3. The van der Waals surface area contributed by atoms with Crippen LogP contribution in [-0.4, -0.2) is 15.2 Å². The zero-order chi connectivity index (χ0) is 11.4. The molecule has 0 aliphatic heterocycles. The summed E-state index contributed by atoms with van der Waals surface area (Å²) in [5, 5.41) is 10.3.